The normalized spacial score (nSPS) is 10.3. The highest BCUT2D eigenvalue weighted by Crippen LogP contribution is 2.19. The van der Waals surface area contributed by atoms with Crippen LogP contribution in [0.1, 0.15) is 5.56 Å². The minimum atomic E-state index is -0.489. The summed E-state index contributed by atoms with van der Waals surface area (Å²) in [4.78, 5) is 23.7. The lowest BCUT2D eigenvalue weighted by Gasteiger charge is -2.07. The Bertz CT molecular complexity index is 907. The summed E-state index contributed by atoms with van der Waals surface area (Å²) in [6, 6.07) is 22.9. The fourth-order valence-electron chi connectivity index (χ4n) is 2.54. The first-order valence-electron chi connectivity index (χ1n) is 8.45. The largest absolute Gasteiger partial charge is 0.455 e. The van der Waals surface area contributed by atoms with Gasteiger partial charge >= 0.3 is 5.97 Å². The standard InChI is InChI=1S/C22H18FNO3/c23-19-10-12-20(13-11-19)24-21(25)15-27-22(26)14-16-6-8-18(9-7-16)17-4-2-1-3-5-17/h1-13H,14-15H2,(H,24,25). The number of amides is 1. The van der Waals surface area contributed by atoms with E-state index < -0.39 is 24.3 Å². The second-order valence-electron chi connectivity index (χ2n) is 5.96. The Morgan fingerprint density at radius 1 is 0.815 bits per heavy atom. The first kappa shape index (κ1) is 18.3. The number of hydrogen-bond acceptors (Lipinski definition) is 3. The third-order valence-electron chi connectivity index (χ3n) is 3.90. The van der Waals surface area contributed by atoms with Gasteiger partial charge in [-0.25, -0.2) is 4.39 Å². The summed E-state index contributed by atoms with van der Waals surface area (Å²) in [5, 5.41) is 2.53. The van der Waals surface area contributed by atoms with Crippen LogP contribution in [0, 0.1) is 5.82 Å². The zero-order valence-corrected chi connectivity index (χ0v) is 14.5. The molecule has 5 heteroatoms. The Hall–Kier alpha value is -3.47. The number of ether oxygens (including phenoxy) is 1. The molecule has 3 aromatic carbocycles. The van der Waals surface area contributed by atoms with Crippen LogP contribution >= 0.6 is 0 Å². The number of anilines is 1. The lowest BCUT2D eigenvalue weighted by atomic mass is 10.0. The van der Waals surface area contributed by atoms with Crippen molar-refractivity contribution in [2.24, 2.45) is 0 Å². The number of nitrogens with one attached hydrogen (secondary N) is 1. The number of rotatable bonds is 6. The van der Waals surface area contributed by atoms with Crippen LogP contribution in [0.25, 0.3) is 11.1 Å². The van der Waals surface area contributed by atoms with Crippen LogP contribution in [0.4, 0.5) is 10.1 Å². The van der Waals surface area contributed by atoms with E-state index in [1.54, 1.807) is 0 Å². The number of halogens is 1. The molecular weight excluding hydrogens is 345 g/mol. The van der Waals surface area contributed by atoms with Gasteiger partial charge in [-0.2, -0.15) is 0 Å². The summed E-state index contributed by atoms with van der Waals surface area (Å²) < 4.78 is 17.8. The van der Waals surface area contributed by atoms with Crippen molar-refractivity contribution >= 4 is 17.6 Å². The predicted octanol–water partition coefficient (Wildman–Crippen LogP) is 4.22. The van der Waals surface area contributed by atoms with E-state index in [9.17, 15) is 14.0 Å². The highest BCUT2D eigenvalue weighted by Gasteiger charge is 2.09. The fourth-order valence-corrected chi connectivity index (χ4v) is 2.54. The van der Waals surface area contributed by atoms with Crippen molar-refractivity contribution in [1.82, 2.24) is 0 Å². The molecule has 0 radical (unpaired) electrons. The molecule has 4 nitrogen and oxygen atoms in total. The van der Waals surface area contributed by atoms with Crippen LogP contribution in [0.5, 0.6) is 0 Å². The van der Waals surface area contributed by atoms with Crippen molar-refractivity contribution in [3.8, 4) is 11.1 Å². The lowest BCUT2D eigenvalue weighted by molar-refractivity contribution is -0.146. The lowest BCUT2D eigenvalue weighted by Crippen LogP contribution is -2.21. The van der Waals surface area contributed by atoms with Crippen LogP contribution in [0.15, 0.2) is 78.9 Å². The van der Waals surface area contributed by atoms with Gasteiger partial charge < -0.3 is 10.1 Å². The van der Waals surface area contributed by atoms with Crippen LogP contribution in [0.2, 0.25) is 0 Å². The smallest absolute Gasteiger partial charge is 0.310 e. The molecule has 0 spiro atoms. The van der Waals surface area contributed by atoms with Crippen LogP contribution in [-0.4, -0.2) is 18.5 Å². The van der Waals surface area contributed by atoms with Gasteiger partial charge in [0, 0.05) is 5.69 Å². The van der Waals surface area contributed by atoms with Crippen molar-refractivity contribution in [3.63, 3.8) is 0 Å². The van der Waals surface area contributed by atoms with Crippen molar-refractivity contribution in [1.29, 1.82) is 0 Å². The average molecular weight is 363 g/mol. The van der Waals surface area contributed by atoms with Gasteiger partial charge in [-0.05, 0) is 41.0 Å². The van der Waals surface area contributed by atoms with E-state index in [4.69, 9.17) is 4.74 Å². The summed E-state index contributed by atoms with van der Waals surface area (Å²) in [6.07, 6.45) is 0.0822. The molecule has 0 aliphatic carbocycles. The fraction of sp³-hybridized carbons (Fsp3) is 0.0909. The van der Waals surface area contributed by atoms with E-state index in [0.29, 0.717) is 5.69 Å². The van der Waals surface area contributed by atoms with Crippen molar-refractivity contribution in [3.05, 3.63) is 90.2 Å². The number of carbonyl (C=O) groups is 2. The minimum Gasteiger partial charge on any atom is -0.455 e. The molecule has 27 heavy (non-hydrogen) atoms. The highest BCUT2D eigenvalue weighted by atomic mass is 19.1. The maximum atomic E-state index is 12.8. The van der Waals surface area contributed by atoms with Gasteiger partial charge in [-0.1, -0.05) is 54.6 Å². The first-order valence-corrected chi connectivity index (χ1v) is 8.45. The molecule has 1 amide bonds. The van der Waals surface area contributed by atoms with Gasteiger partial charge in [0.05, 0.1) is 6.42 Å². The number of benzene rings is 3. The Balaban J connectivity index is 1.47. The van der Waals surface area contributed by atoms with Gasteiger partial charge in [0.15, 0.2) is 6.61 Å². The maximum absolute atomic E-state index is 12.8. The summed E-state index contributed by atoms with van der Waals surface area (Å²) in [6.45, 7) is -0.391. The molecule has 0 bridgehead atoms. The minimum absolute atomic E-state index is 0.0822. The molecule has 0 aliphatic heterocycles. The monoisotopic (exact) mass is 363 g/mol. The van der Waals surface area contributed by atoms with Crippen molar-refractivity contribution < 1.29 is 18.7 Å². The summed E-state index contributed by atoms with van der Waals surface area (Å²) >= 11 is 0. The van der Waals surface area contributed by atoms with Crippen LogP contribution in [0.3, 0.4) is 0 Å². The van der Waals surface area contributed by atoms with Gasteiger partial charge in [-0.3, -0.25) is 9.59 Å². The molecule has 1 N–H and O–H groups in total. The molecule has 0 aromatic heterocycles. The highest BCUT2D eigenvalue weighted by molar-refractivity contribution is 5.92. The molecule has 0 aliphatic rings. The molecule has 0 unspecified atom stereocenters. The van der Waals surface area contributed by atoms with Crippen LogP contribution < -0.4 is 5.32 Å². The molecule has 3 aromatic rings. The van der Waals surface area contributed by atoms with Crippen LogP contribution in [-0.2, 0) is 20.7 Å². The Labute approximate surface area is 156 Å². The molecule has 0 saturated heterocycles. The average Bonchev–Trinajstić information content (AvgIpc) is 2.69. The Kier molecular flexibility index (Phi) is 5.94. The van der Waals surface area contributed by atoms with Crippen molar-refractivity contribution in [2.45, 2.75) is 6.42 Å². The summed E-state index contributed by atoms with van der Waals surface area (Å²) in [5.74, 6) is -1.36. The number of esters is 1. The Morgan fingerprint density at radius 2 is 1.44 bits per heavy atom. The van der Waals surface area contributed by atoms with E-state index >= 15 is 0 Å². The molecule has 0 atom stereocenters. The first-order chi connectivity index (χ1) is 13.1. The number of carbonyl (C=O) groups excluding carboxylic acids is 2. The number of hydrogen-bond donors (Lipinski definition) is 1. The SMILES string of the molecule is O=C(COC(=O)Cc1ccc(-c2ccccc2)cc1)Nc1ccc(F)cc1. The molecule has 136 valence electrons. The maximum Gasteiger partial charge on any atom is 0.310 e. The van der Waals surface area contributed by atoms with Gasteiger partial charge in [0.1, 0.15) is 5.82 Å². The zero-order chi connectivity index (χ0) is 19.1. The predicted molar refractivity (Wildman–Crippen MR) is 102 cm³/mol. The van der Waals surface area contributed by atoms with E-state index in [1.165, 1.54) is 24.3 Å². The van der Waals surface area contributed by atoms with Crippen molar-refractivity contribution in [2.75, 3.05) is 11.9 Å². The Morgan fingerprint density at radius 3 is 2.11 bits per heavy atom. The van der Waals surface area contributed by atoms with E-state index in [0.717, 1.165) is 16.7 Å². The van der Waals surface area contributed by atoms with Gasteiger partial charge in [-0.15, -0.1) is 0 Å². The molecule has 0 saturated carbocycles. The quantitative estimate of drug-likeness (QED) is 0.667. The molecule has 0 fully saturated rings. The van der Waals surface area contributed by atoms with E-state index in [-0.39, 0.29) is 6.42 Å². The third kappa shape index (κ3) is 5.51. The topological polar surface area (TPSA) is 55.4 Å². The second-order valence-corrected chi connectivity index (χ2v) is 5.96. The van der Waals surface area contributed by atoms with E-state index in [2.05, 4.69) is 5.32 Å². The third-order valence-corrected chi connectivity index (χ3v) is 3.90. The summed E-state index contributed by atoms with van der Waals surface area (Å²) in [7, 11) is 0. The molecule has 3 rings (SSSR count). The zero-order valence-electron chi connectivity index (χ0n) is 14.5. The molecular formula is C22H18FNO3. The second kappa shape index (κ2) is 8.76. The van der Waals surface area contributed by atoms with Gasteiger partial charge in [0.25, 0.3) is 5.91 Å². The van der Waals surface area contributed by atoms with Gasteiger partial charge in [0.2, 0.25) is 0 Å². The molecule has 0 heterocycles. The van der Waals surface area contributed by atoms with E-state index in [1.807, 2.05) is 54.6 Å². The summed E-state index contributed by atoms with van der Waals surface area (Å²) in [5.41, 5.74) is 3.41.